The molecule has 0 radical (unpaired) electrons. The first-order valence-corrected chi connectivity index (χ1v) is 8.76. The first-order chi connectivity index (χ1) is 12.5. The van der Waals surface area contributed by atoms with E-state index in [9.17, 15) is 4.79 Å². The van der Waals surface area contributed by atoms with Gasteiger partial charge in [-0.25, -0.2) is 0 Å². The number of amides is 1. The summed E-state index contributed by atoms with van der Waals surface area (Å²) >= 11 is 5.99. The van der Waals surface area contributed by atoms with Crippen molar-refractivity contribution in [2.45, 2.75) is 25.9 Å². The van der Waals surface area contributed by atoms with Gasteiger partial charge in [-0.3, -0.25) is 4.79 Å². The molecule has 26 heavy (non-hydrogen) atoms. The molecule has 1 N–H and O–H groups in total. The van der Waals surface area contributed by atoms with Crippen LogP contribution in [0.2, 0.25) is 5.02 Å². The number of ether oxygens (including phenoxy) is 2. The summed E-state index contributed by atoms with van der Waals surface area (Å²) in [5.74, 6) is 7.01. The Morgan fingerprint density at radius 2 is 2.04 bits per heavy atom. The second kappa shape index (κ2) is 7.72. The number of carbonyl (C=O) groups excluding carboxylic acids is 1. The third-order valence-electron chi connectivity index (χ3n) is 3.94. The van der Waals surface area contributed by atoms with E-state index in [1.54, 1.807) is 24.3 Å². The number of halogens is 1. The summed E-state index contributed by atoms with van der Waals surface area (Å²) < 4.78 is 11.7. The molecule has 1 aliphatic heterocycles. The van der Waals surface area contributed by atoms with Gasteiger partial charge in [-0.1, -0.05) is 47.7 Å². The highest BCUT2D eigenvalue weighted by Crippen LogP contribution is 2.41. The van der Waals surface area contributed by atoms with Crippen LogP contribution in [0.5, 0.6) is 11.5 Å². The molecule has 0 aromatic heterocycles. The minimum absolute atomic E-state index is 0.212. The average molecular weight is 370 g/mol. The number of benzene rings is 2. The Morgan fingerprint density at radius 1 is 1.23 bits per heavy atom. The number of nitrogens with one attached hydrogen (secondary N) is 1. The van der Waals surface area contributed by atoms with Gasteiger partial charge in [-0.2, -0.15) is 0 Å². The van der Waals surface area contributed by atoms with E-state index < -0.39 is 0 Å². The molecular weight excluding hydrogens is 350 g/mol. The number of hydrogen-bond donors (Lipinski definition) is 1. The lowest BCUT2D eigenvalue weighted by atomic mass is 10.0. The molecule has 2 aromatic carbocycles. The largest absolute Gasteiger partial charge is 0.483 e. The Bertz CT molecular complexity index is 880. The highest BCUT2D eigenvalue weighted by molar-refractivity contribution is 6.33. The fourth-order valence-electron chi connectivity index (χ4n) is 2.79. The van der Waals surface area contributed by atoms with Crippen LogP contribution in [0.3, 0.4) is 0 Å². The fraction of sp³-hybridized carbons (Fsp3) is 0.286. The van der Waals surface area contributed by atoms with Gasteiger partial charge in [0.1, 0.15) is 12.2 Å². The first-order valence-electron chi connectivity index (χ1n) is 8.38. The predicted molar refractivity (Wildman–Crippen MR) is 102 cm³/mol. The Hall–Kier alpha value is -2.64. The van der Waals surface area contributed by atoms with Gasteiger partial charge in [0.15, 0.2) is 11.5 Å². The lowest BCUT2D eigenvalue weighted by Crippen LogP contribution is -2.24. The normalized spacial score (nSPS) is 13.8. The number of hydrogen-bond acceptors (Lipinski definition) is 3. The standard InChI is InChI=1S/C21H20ClNO3/c1-21(2)14-15-8-7-11-18(19(15)26-21)25-13-6-5-12-23-20(24)16-9-3-4-10-17(16)22/h3-4,7-11H,12-14H2,1-2H3,(H,23,24). The average Bonchev–Trinajstić information content (AvgIpc) is 2.92. The summed E-state index contributed by atoms with van der Waals surface area (Å²) in [5, 5.41) is 3.13. The van der Waals surface area contributed by atoms with Gasteiger partial charge in [0.2, 0.25) is 0 Å². The maximum atomic E-state index is 12.0. The van der Waals surface area contributed by atoms with E-state index in [1.165, 1.54) is 0 Å². The van der Waals surface area contributed by atoms with Crippen LogP contribution in [0, 0.1) is 11.8 Å². The topological polar surface area (TPSA) is 47.6 Å². The predicted octanol–water partition coefficient (Wildman–Crippen LogP) is 3.87. The van der Waals surface area contributed by atoms with Gasteiger partial charge in [-0.15, -0.1) is 0 Å². The minimum Gasteiger partial charge on any atom is -0.483 e. The van der Waals surface area contributed by atoms with Crippen molar-refractivity contribution < 1.29 is 14.3 Å². The van der Waals surface area contributed by atoms with E-state index in [4.69, 9.17) is 21.1 Å². The monoisotopic (exact) mass is 369 g/mol. The molecule has 5 heteroatoms. The smallest absolute Gasteiger partial charge is 0.253 e. The van der Waals surface area contributed by atoms with Gasteiger partial charge in [0.05, 0.1) is 17.1 Å². The molecule has 4 nitrogen and oxygen atoms in total. The van der Waals surface area contributed by atoms with Gasteiger partial charge in [0.25, 0.3) is 5.91 Å². The van der Waals surface area contributed by atoms with Crippen molar-refractivity contribution in [2.75, 3.05) is 13.2 Å². The molecule has 0 unspecified atom stereocenters. The molecular formula is C21H20ClNO3. The molecule has 0 fully saturated rings. The quantitative estimate of drug-likeness (QED) is 0.832. The molecule has 1 aliphatic rings. The maximum Gasteiger partial charge on any atom is 0.253 e. The number of carbonyl (C=O) groups is 1. The van der Waals surface area contributed by atoms with Gasteiger partial charge >= 0.3 is 0 Å². The summed E-state index contributed by atoms with van der Waals surface area (Å²) in [7, 11) is 0. The van der Waals surface area contributed by atoms with Crippen LogP contribution in [0.1, 0.15) is 29.8 Å². The molecule has 0 atom stereocenters. The van der Waals surface area contributed by atoms with E-state index in [2.05, 4.69) is 31.0 Å². The third-order valence-corrected chi connectivity index (χ3v) is 4.27. The maximum absolute atomic E-state index is 12.0. The second-order valence-electron chi connectivity index (χ2n) is 6.59. The highest BCUT2D eigenvalue weighted by Gasteiger charge is 2.32. The van der Waals surface area contributed by atoms with Gasteiger partial charge in [0, 0.05) is 12.0 Å². The summed E-state index contributed by atoms with van der Waals surface area (Å²) in [6.45, 7) is 4.56. The molecule has 2 aromatic rings. The SMILES string of the molecule is CC1(C)Cc2cccc(OCC#CCNC(=O)c3ccccc3Cl)c2O1. The Morgan fingerprint density at radius 3 is 2.85 bits per heavy atom. The van der Waals surface area contributed by atoms with E-state index in [1.807, 2.05) is 18.2 Å². The molecule has 0 saturated carbocycles. The first kappa shape index (κ1) is 18.2. The minimum atomic E-state index is -0.248. The van der Waals surface area contributed by atoms with Crippen LogP contribution >= 0.6 is 11.6 Å². The van der Waals surface area contributed by atoms with Crippen molar-refractivity contribution in [2.24, 2.45) is 0 Å². The van der Waals surface area contributed by atoms with E-state index in [0.717, 1.165) is 17.7 Å². The van der Waals surface area contributed by atoms with Crippen LogP contribution in [0.15, 0.2) is 42.5 Å². The molecule has 1 amide bonds. The Kier molecular flexibility index (Phi) is 5.39. The summed E-state index contributed by atoms with van der Waals surface area (Å²) in [6.07, 6.45) is 0.860. The van der Waals surface area contributed by atoms with Crippen LogP contribution in [-0.4, -0.2) is 24.7 Å². The zero-order valence-corrected chi connectivity index (χ0v) is 15.5. The number of para-hydroxylation sites is 1. The molecule has 0 saturated heterocycles. The Labute approximate surface area is 158 Å². The van der Waals surface area contributed by atoms with Crippen molar-refractivity contribution in [3.63, 3.8) is 0 Å². The number of fused-ring (bicyclic) bond motifs is 1. The molecule has 1 heterocycles. The molecule has 0 aliphatic carbocycles. The van der Waals surface area contributed by atoms with Crippen LogP contribution < -0.4 is 14.8 Å². The van der Waals surface area contributed by atoms with Crippen molar-refractivity contribution in [3.05, 3.63) is 58.6 Å². The van der Waals surface area contributed by atoms with Crippen molar-refractivity contribution >= 4 is 17.5 Å². The van der Waals surface area contributed by atoms with Crippen molar-refractivity contribution in [1.82, 2.24) is 5.32 Å². The molecule has 3 rings (SSSR count). The van der Waals surface area contributed by atoms with Crippen LogP contribution in [-0.2, 0) is 6.42 Å². The van der Waals surface area contributed by atoms with E-state index in [-0.39, 0.29) is 24.7 Å². The zero-order valence-electron chi connectivity index (χ0n) is 14.8. The zero-order chi connectivity index (χ0) is 18.6. The molecule has 0 spiro atoms. The molecule has 134 valence electrons. The van der Waals surface area contributed by atoms with Crippen LogP contribution in [0.25, 0.3) is 0 Å². The van der Waals surface area contributed by atoms with E-state index >= 15 is 0 Å². The van der Waals surface area contributed by atoms with Crippen molar-refractivity contribution in [3.8, 4) is 23.3 Å². The third kappa shape index (κ3) is 4.30. The summed E-state index contributed by atoms with van der Waals surface area (Å²) in [5.41, 5.74) is 1.37. The van der Waals surface area contributed by atoms with E-state index in [0.29, 0.717) is 16.3 Å². The van der Waals surface area contributed by atoms with Crippen LogP contribution in [0.4, 0.5) is 0 Å². The highest BCUT2D eigenvalue weighted by atomic mass is 35.5. The second-order valence-corrected chi connectivity index (χ2v) is 6.99. The number of rotatable bonds is 4. The summed E-state index contributed by atoms with van der Waals surface area (Å²) in [6, 6.07) is 12.8. The lowest BCUT2D eigenvalue weighted by Gasteiger charge is -2.17. The fourth-order valence-corrected chi connectivity index (χ4v) is 3.01. The van der Waals surface area contributed by atoms with Crippen molar-refractivity contribution in [1.29, 1.82) is 0 Å². The molecule has 0 bridgehead atoms. The Balaban J connectivity index is 1.50. The van der Waals surface area contributed by atoms with Gasteiger partial charge in [-0.05, 0) is 32.0 Å². The summed E-state index contributed by atoms with van der Waals surface area (Å²) in [4.78, 5) is 12.0. The lowest BCUT2D eigenvalue weighted by molar-refractivity contribution is 0.0959. The van der Waals surface area contributed by atoms with Gasteiger partial charge < -0.3 is 14.8 Å².